The summed E-state index contributed by atoms with van der Waals surface area (Å²) in [5.74, 6) is -0.895. The van der Waals surface area contributed by atoms with Crippen LogP contribution in [0, 0.1) is 5.82 Å². The lowest BCUT2D eigenvalue weighted by Gasteiger charge is -2.23. The molecule has 0 saturated carbocycles. The number of nitrogens with one attached hydrogen (secondary N) is 1. The molecule has 1 aromatic carbocycles. The minimum atomic E-state index is -0.606. The van der Waals surface area contributed by atoms with Gasteiger partial charge in [-0.2, -0.15) is 4.98 Å². The van der Waals surface area contributed by atoms with Crippen molar-refractivity contribution >= 4 is 35.4 Å². The third-order valence-corrected chi connectivity index (χ3v) is 6.67. The van der Waals surface area contributed by atoms with Crippen LogP contribution in [-0.2, 0) is 0 Å². The first-order chi connectivity index (χ1) is 17.5. The Morgan fingerprint density at radius 2 is 2.00 bits per heavy atom. The summed E-state index contributed by atoms with van der Waals surface area (Å²) in [5, 5.41) is 4.47. The second kappa shape index (κ2) is 10.3. The van der Waals surface area contributed by atoms with E-state index in [0.717, 1.165) is 30.7 Å². The van der Waals surface area contributed by atoms with Crippen LogP contribution in [0.5, 0.6) is 0 Å². The Bertz CT molecular complexity index is 1410. The number of rotatable bonds is 8. The van der Waals surface area contributed by atoms with E-state index in [1.165, 1.54) is 32.1 Å². The number of likely N-dealkylation sites (N-methyl/N-ethyl adjacent to an activating group) is 1. The van der Waals surface area contributed by atoms with E-state index in [4.69, 9.17) is 5.73 Å². The van der Waals surface area contributed by atoms with Crippen LogP contribution >= 0.6 is 0 Å². The average molecular weight is 488 g/mol. The highest BCUT2D eigenvalue weighted by molar-refractivity contribution is 5.93. The summed E-state index contributed by atoms with van der Waals surface area (Å²) in [7, 11) is 2.10. The van der Waals surface area contributed by atoms with E-state index >= 15 is 0 Å². The SMILES string of the molecule is CN(CCN1CCCC1)c1ccc(Nc2ncc(F)c(-n3cc(C(N)=O)c4c3=CC=CCC=4)n2)cc1. The summed E-state index contributed by atoms with van der Waals surface area (Å²) in [5.41, 5.74) is 7.81. The molecule has 8 nitrogen and oxygen atoms in total. The molecule has 0 unspecified atom stereocenters. The zero-order valence-electron chi connectivity index (χ0n) is 20.3. The van der Waals surface area contributed by atoms with Crippen LogP contribution in [0.1, 0.15) is 29.6 Å². The number of nitrogens with zero attached hydrogens (tertiary/aromatic N) is 5. The fourth-order valence-electron chi connectivity index (χ4n) is 4.66. The Morgan fingerprint density at radius 3 is 2.75 bits per heavy atom. The van der Waals surface area contributed by atoms with Gasteiger partial charge in [0.2, 0.25) is 5.95 Å². The Kier molecular flexibility index (Phi) is 6.81. The molecule has 3 N–H and O–H groups in total. The van der Waals surface area contributed by atoms with Gasteiger partial charge in [0.25, 0.3) is 5.91 Å². The van der Waals surface area contributed by atoms with E-state index in [2.05, 4.69) is 32.1 Å². The molecule has 1 fully saturated rings. The molecule has 1 amide bonds. The summed E-state index contributed by atoms with van der Waals surface area (Å²) in [4.78, 5) is 25.3. The van der Waals surface area contributed by atoms with Crippen LogP contribution < -0.4 is 26.5 Å². The fourth-order valence-corrected chi connectivity index (χ4v) is 4.66. The van der Waals surface area contributed by atoms with Crippen LogP contribution in [0.3, 0.4) is 0 Å². The van der Waals surface area contributed by atoms with Crippen molar-refractivity contribution in [3.05, 3.63) is 70.8 Å². The number of likely N-dealkylation sites (tertiary alicyclic amines) is 1. The van der Waals surface area contributed by atoms with Gasteiger partial charge in [-0.3, -0.25) is 9.36 Å². The summed E-state index contributed by atoms with van der Waals surface area (Å²) in [6, 6.07) is 7.99. The van der Waals surface area contributed by atoms with E-state index < -0.39 is 11.7 Å². The van der Waals surface area contributed by atoms with Crippen LogP contribution in [-0.4, -0.2) is 58.6 Å². The Hall–Kier alpha value is -3.98. The molecule has 186 valence electrons. The molecule has 1 saturated heterocycles. The number of nitrogens with two attached hydrogens (primary N) is 1. The van der Waals surface area contributed by atoms with Gasteiger partial charge in [0.05, 0.1) is 17.1 Å². The molecule has 2 aliphatic rings. The maximum Gasteiger partial charge on any atom is 0.250 e. The zero-order chi connectivity index (χ0) is 25.1. The van der Waals surface area contributed by atoms with Crippen molar-refractivity contribution in [1.29, 1.82) is 0 Å². The number of halogens is 1. The Labute approximate surface area is 209 Å². The molecule has 5 rings (SSSR count). The predicted molar refractivity (Wildman–Crippen MR) is 140 cm³/mol. The smallest absolute Gasteiger partial charge is 0.250 e. The first-order valence-electron chi connectivity index (χ1n) is 12.2. The molecule has 0 spiro atoms. The molecule has 0 radical (unpaired) electrons. The van der Waals surface area contributed by atoms with Crippen LogP contribution in [0.15, 0.2) is 48.8 Å². The minimum absolute atomic E-state index is 0.0365. The number of aromatic nitrogens is 3. The average Bonchev–Trinajstić information content (AvgIpc) is 3.46. The molecule has 3 aromatic rings. The normalized spacial score (nSPS) is 15.1. The number of anilines is 3. The number of carbonyl (C=O) groups excluding carboxylic acids is 1. The highest BCUT2D eigenvalue weighted by atomic mass is 19.1. The number of hydrogen-bond donors (Lipinski definition) is 2. The maximum absolute atomic E-state index is 14.9. The zero-order valence-corrected chi connectivity index (χ0v) is 20.3. The first-order valence-corrected chi connectivity index (χ1v) is 12.2. The number of allylic oxidation sites excluding steroid dienone is 2. The molecular formula is C27H30FN7O. The molecule has 1 aliphatic heterocycles. The van der Waals surface area contributed by atoms with E-state index in [-0.39, 0.29) is 11.8 Å². The van der Waals surface area contributed by atoms with Crippen LogP contribution in [0.25, 0.3) is 18.0 Å². The summed E-state index contributed by atoms with van der Waals surface area (Å²) in [6.45, 7) is 4.42. The number of amides is 1. The number of fused-ring (bicyclic) bond motifs is 1. The molecule has 3 heterocycles. The van der Waals surface area contributed by atoms with Gasteiger partial charge < -0.3 is 20.9 Å². The first kappa shape index (κ1) is 23.7. The predicted octanol–water partition coefficient (Wildman–Crippen LogP) is 2.30. The van der Waals surface area contributed by atoms with E-state index in [9.17, 15) is 9.18 Å². The van der Waals surface area contributed by atoms with Crippen molar-refractivity contribution < 1.29 is 9.18 Å². The molecular weight excluding hydrogens is 457 g/mol. The van der Waals surface area contributed by atoms with Gasteiger partial charge in [-0.05, 0) is 62.7 Å². The largest absolute Gasteiger partial charge is 0.373 e. The second-order valence-electron chi connectivity index (χ2n) is 9.12. The van der Waals surface area contributed by atoms with Gasteiger partial charge in [0.1, 0.15) is 0 Å². The van der Waals surface area contributed by atoms with Crippen molar-refractivity contribution in [1.82, 2.24) is 19.4 Å². The number of primary amides is 1. The van der Waals surface area contributed by atoms with Gasteiger partial charge in [0, 0.05) is 42.9 Å². The molecule has 1 aliphatic carbocycles. The standard InChI is InChI=1S/C27H30FN7O/c1-33(15-16-34-13-5-6-14-34)20-11-9-19(10-12-20)31-27-30-17-23(28)26(32-27)35-18-22(25(29)36)21-7-3-2-4-8-24(21)35/h2,4,7-12,17-18H,3,5-6,13-16H2,1H3,(H2,29,36)(H,30,31,32). The van der Waals surface area contributed by atoms with Crippen LogP contribution in [0.4, 0.5) is 21.7 Å². The minimum Gasteiger partial charge on any atom is -0.373 e. The Morgan fingerprint density at radius 1 is 1.22 bits per heavy atom. The van der Waals surface area contributed by atoms with Crippen LogP contribution in [0.2, 0.25) is 0 Å². The lowest BCUT2D eigenvalue weighted by atomic mass is 10.2. The lowest BCUT2D eigenvalue weighted by Crippen LogP contribution is -2.32. The topological polar surface area (TPSA) is 92.3 Å². The van der Waals surface area contributed by atoms with Crippen molar-refractivity contribution in [2.45, 2.75) is 19.3 Å². The maximum atomic E-state index is 14.9. The monoisotopic (exact) mass is 487 g/mol. The molecule has 0 bridgehead atoms. The summed E-state index contributed by atoms with van der Waals surface area (Å²) >= 11 is 0. The van der Waals surface area contributed by atoms with Crippen molar-refractivity contribution in [2.24, 2.45) is 5.73 Å². The third-order valence-electron chi connectivity index (χ3n) is 6.67. The number of carbonyl (C=O) groups is 1. The lowest BCUT2D eigenvalue weighted by molar-refractivity contribution is 0.0999. The third kappa shape index (κ3) is 5.01. The van der Waals surface area contributed by atoms with Crippen molar-refractivity contribution in [3.63, 3.8) is 0 Å². The fraction of sp³-hybridized carbons (Fsp3) is 0.296. The second-order valence-corrected chi connectivity index (χ2v) is 9.12. The number of hydrogen-bond acceptors (Lipinski definition) is 6. The summed E-state index contributed by atoms with van der Waals surface area (Å²) < 4.78 is 16.4. The quantitative estimate of drug-likeness (QED) is 0.507. The Balaban J connectivity index is 1.36. The van der Waals surface area contributed by atoms with Gasteiger partial charge >= 0.3 is 0 Å². The molecule has 2 aromatic heterocycles. The van der Waals surface area contributed by atoms with Gasteiger partial charge in [0.15, 0.2) is 11.6 Å². The summed E-state index contributed by atoms with van der Waals surface area (Å²) in [6.07, 6.45) is 13.4. The van der Waals surface area contributed by atoms with Crippen molar-refractivity contribution in [3.8, 4) is 5.82 Å². The van der Waals surface area contributed by atoms with E-state index in [1.54, 1.807) is 4.57 Å². The van der Waals surface area contributed by atoms with E-state index in [1.807, 2.05) is 48.6 Å². The highest BCUT2D eigenvalue weighted by Crippen LogP contribution is 2.20. The molecule has 36 heavy (non-hydrogen) atoms. The number of benzene rings is 1. The van der Waals surface area contributed by atoms with E-state index in [0.29, 0.717) is 22.6 Å². The highest BCUT2D eigenvalue weighted by Gasteiger charge is 2.17. The van der Waals surface area contributed by atoms with Gasteiger partial charge in [-0.1, -0.05) is 18.2 Å². The van der Waals surface area contributed by atoms with Gasteiger partial charge in [-0.15, -0.1) is 0 Å². The molecule has 0 atom stereocenters. The molecule has 9 heteroatoms. The van der Waals surface area contributed by atoms with Crippen molar-refractivity contribution in [2.75, 3.05) is 43.4 Å². The van der Waals surface area contributed by atoms with Gasteiger partial charge in [-0.25, -0.2) is 9.37 Å².